The molecule has 6 aromatic rings. The van der Waals surface area contributed by atoms with Gasteiger partial charge < -0.3 is 0 Å². The Morgan fingerprint density at radius 3 is 1.00 bits per heavy atom. The molecule has 0 heterocycles. The highest BCUT2D eigenvalue weighted by molar-refractivity contribution is 7.17. The molecular weight excluding hydrogens is 641 g/mol. The second-order valence-electron chi connectivity index (χ2n) is 15.1. The van der Waals surface area contributed by atoms with E-state index < -0.39 is 8.07 Å². The average molecular weight is 693 g/mol. The van der Waals surface area contributed by atoms with Crippen LogP contribution in [0.1, 0.15) is 77.8 Å². The summed E-state index contributed by atoms with van der Waals surface area (Å²) in [6.07, 6.45) is 2.72. The van der Waals surface area contributed by atoms with E-state index in [1.165, 1.54) is 66.8 Å². The fourth-order valence-electron chi connectivity index (χ4n) is 9.11. The average Bonchev–Trinajstić information content (AvgIpc) is 3.35. The van der Waals surface area contributed by atoms with Crippen molar-refractivity contribution in [3.63, 3.8) is 0 Å². The fraction of sp³-hybridized carbons (Fsp3) is 0.216. The second kappa shape index (κ2) is 14.9. The first kappa shape index (κ1) is 35.4. The van der Waals surface area contributed by atoms with Crippen molar-refractivity contribution in [2.75, 3.05) is 0 Å². The van der Waals surface area contributed by atoms with Crippen molar-refractivity contribution in [2.45, 2.75) is 67.7 Å². The van der Waals surface area contributed by atoms with Crippen LogP contribution >= 0.6 is 0 Å². The Morgan fingerprint density at radius 2 is 0.712 bits per heavy atom. The van der Waals surface area contributed by atoms with Gasteiger partial charge in [-0.25, -0.2) is 0 Å². The molecular formula is C51H52Si. The number of rotatable bonds is 10. The highest BCUT2D eigenvalue weighted by Gasteiger charge is 2.51. The van der Waals surface area contributed by atoms with Gasteiger partial charge in [-0.2, -0.15) is 0 Å². The van der Waals surface area contributed by atoms with Gasteiger partial charge in [0, 0.05) is 0 Å². The normalized spacial score (nSPS) is 14.7. The Morgan fingerprint density at radius 1 is 0.385 bits per heavy atom. The number of allylic oxidation sites excluding steroid dienone is 4. The summed E-state index contributed by atoms with van der Waals surface area (Å²) in [6, 6.07) is 55.1. The Kier molecular flexibility index (Phi) is 10.2. The van der Waals surface area contributed by atoms with E-state index in [0.717, 1.165) is 19.3 Å². The van der Waals surface area contributed by atoms with Crippen LogP contribution in [-0.2, 0) is 19.3 Å². The van der Waals surface area contributed by atoms with E-state index >= 15 is 0 Å². The summed E-state index contributed by atoms with van der Waals surface area (Å²) in [5.74, 6) is 0.326. The molecule has 260 valence electrons. The van der Waals surface area contributed by atoms with Crippen LogP contribution in [0, 0.1) is 26.7 Å². The lowest BCUT2D eigenvalue weighted by atomic mass is 9.99. The number of hydrogen-bond donors (Lipinski definition) is 0. The number of aryl methyl sites for hydroxylation is 3. The topological polar surface area (TPSA) is 0 Å². The Hall–Kier alpha value is -4.98. The van der Waals surface area contributed by atoms with Crippen LogP contribution in [0.2, 0.25) is 0 Å². The summed E-state index contributed by atoms with van der Waals surface area (Å²) >= 11 is 0. The van der Waals surface area contributed by atoms with E-state index in [0.29, 0.717) is 5.92 Å². The highest BCUT2D eigenvalue weighted by Crippen LogP contribution is 2.43. The quantitative estimate of drug-likeness (QED) is 0.0990. The lowest BCUT2D eigenvalue weighted by Crippen LogP contribution is -2.72. The molecule has 0 amide bonds. The maximum absolute atomic E-state index is 3.05. The molecule has 0 aromatic heterocycles. The van der Waals surface area contributed by atoms with Crippen molar-refractivity contribution >= 4 is 23.6 Å². The maximum Gasteiger partial charge on any atom is 0.177 e. The molecule has 0 fully saturated rings. The lowest BCUT2D eigenvalue weighted by molar-refractivity contribution is 0.851. The third-order valence-corrected chi connectivity index (χ3v) is 17.6. The first-order valence-electron chi connectivity index (χ1n) is 19.0. The Bertz CT molecular complexity index is 2050. The SMILES string of the molecule is CC1=C(C)C(C)C([Si](c2cccc(C)c2Cc2ccccc2)(c2cccc(C)c2Cc2ccccc2)c2cccc(C)c2Cc2ccccc2)=C1C. The molecule has 1 atom stereocenters. The smallest absolute Gasteiger partial charge is 0.0636 e. The summed E-state index contributed by atoms with van der Waals surface area (Å²) in [5, 5.41) is 6.28. The molecule has 0 saturated carbocycles. The van der Waals surface area contributed by atoms with Crippen molar-refractivity contribution in [2.24, 2.45) is 5.92 Å². The summed E-state index contributed by atoms with van der Waals surface area (Å²) in [5.41, 5.74) is 17.1. The molecule has 6 aromatic carbocycles. The van der Waals surface area contributed by atoms with E-state index in [-0.39, 0.29) is 0 Å². The predicted octanol–water partition coefficient (Wildman–Crippen LogP) is 10.7. The van der Waals surface area contributed by atoms with E-state index in [9.17, 15) is 0 Å². The van der Waals surface area contributed by atoms with E-state index in [2.05, 4.69) is 194 Å². The molecule has 0 saturated heterocycles. The van der Waals surface area contributed by atoms with E-state index in [4.69, 9.17) is 0 Å². The minimum atomic E-state index is -3.05. The zero-order chi connectivity index (χ0) is 36.4. The standard InChI is InChI=1S/C51H52Si/c1-35-20-17-29-48(45(35)32-42-23-11-8-12-24-42)52(51-40(6)38(4)39(5)41(51)7,49-30-18-21-36(2)46(49)33-43-25-13-9-14-26-43)50-31-19-22-37(3)47(50)34-44-27-15-10-16-28-44/h8-31,40H,32-34H2,1-7H3. The number of hydrogen-bond acceptors (Lipinski definition) is 0. The van der Waals surface area contributed by atoms with Gasteiger partial charge in [0.1, 0.15) is 0 Å². The van der Waals surface area contributed by atoms with Crippen molar-refractivity contribution < 1.29 is 0 Å². The highest BCUT2D eigenvalue weighted by atomic mass is 28.3. The summed E-state index contributed by atoms with van der Waals surface area (Å²) < 4.78 is 0. The third-order valence-electron chi connectivity index (χ3n) is 12.2. The van der Waals surface area contributed by atoms with Crippen LogP contribution in [0.25, 0.3) is 0 Å². The van der Waals surface area contributed by atoms with Gasteiger partial charge in [-0.05, 0) is 138 Å². The van der Waals surface area contributed by atoms with Crippen LogP contribution in [0.3, 0.4) is 0 Å². The van der Waals surface area contributed by atoms with Gasteiger partial charge >= 0.3 is 0 Å². The zero-order valence-electron chi connectivity index (χ0n) is 32.1. The van der Waals surface area contributed by atoms with Gasteiger partial charge in [-0.1, -0.05) is 169 Å². The van der Waals surface area contributed by atoms with E-state index in [1.54, 1.807) is 20.8 Å². The zero-order valence-corrected chi connectivity index (χ0v) is 33.1. The third kappa shape index (κ3) is 6.37. The summed E-state index contributed by atoms with van der Waals surface area (Å²) in [7, 11) is -3.05. The van der Waals surface area contributed by atoms with Gasteiger partial charge in [0.2, 0.25) is 0 Å². The molecule has 0 radical (unpaired) electrons. The van der Waals surface area contributed by atoms with Gasteiger partial charge in [0.05, 0.1) is 0 Å². The fourth-order valence-corrected chi connectivity index (χ4v) is 15.7. The predicted molar refractivity (Wildman–Crippen MR) is 226 cm³/mol. The van der Waals surface area contributed by atoms with Crippen LogP contribution in [0.4, 0.5) is 0 Å². The molecule has 0 bridgehead atoms. The molecule has 1 unspecified atom stereocenters. The molecule has 1 aliphatic rings. The minimum absolute atomic E-state index is 0.326. The second-order valence-corrected chi connectivity index (χ2v) is 18.8. The Balaban J connectivity index is 1.68. The summed E-state index contributed by atoms with van der Waals surface area (Å²) in [4.78, 5) is 0. The molecule has 0 aliphatic heterocycles. The van der Waals surface area contributed by atoms with Gasteiger partial charge in [0.25, 0.3) is 0 Å². The van der Waals surface area contributed by atoms with Crippen molar-refractivity contribution in [1.29, 1.82) is 0 Å². The molecule has 7 rings (SSSR count). The lowest BCUT2D eigenvalue weighted by Gasteiger charge is -2.43. The van der Waals surface area contributed by atoms with Crippen LogP contribution in [-0.4, -0.2) is 8.07 Å². The molecule has 0 N–H and O–H groups in total. The largest absolute Gasteiger partial charge is 0.177 e. The minimum Gasteiger partial charge on any atom is -0.0636 e. The van der Waals surface area contributed by atoms with Gasteiger partial charge in [-0.15, -0.1) is 0 Å². The van der Waals surface area contributed by atoms with Gasteiger partial charge in [0.15, 0.2) is 8.07 Å². The summed E-state index contributed by atoms with van der Waals surface area (Å²) in [6.45, 7) is 16.7. The Labute approximate surface area is 313 Å². The molecule has 0 nitrogen and oxygen atoms in total. The molecule has 1 aliphatic carbocycles. The molecule has 0 spiro atoms. The maximum atomic E-state index is 2.54. The van der Waals surface area contributed by atoms with Crippen molar-refractivity contribution in [3.05, 3.63) is 218 Å². The molecule has 1 heteroatoms. The van der Waals surface area contributed by atoms with Gasteiger partial charge in [-0.3, -0.25) is 0 Å². The number of benzene rings is 6. The first-order valence-corrected chi connectivity index (χ1v) is 21.0. The van der Waals surface area contributed by atoms with Crippen LogP contribution < -0.4 is 15.6 Å². The monoisotopic (exact) mass is 692 g/mol. The van der Waals surface area contributed by atoms with Crippen LogP contribution in [0.15, 0.2) is 168 Å². The van der Waals surface area contributed by atoms with Crippen molar-refractivity contribution in [3.8, 4) is 0 Å². The van der Waals surface area contributed by atoms with Crippen LogP contribution in [0.5, 0.6) is 0 Å². The van der Waals surface area contributed by atoms with Crippen molar-refractivity contribution in [1.82, 2.24) is 0 Å². The van der Waals surface area contributed by atoms with E-state index in [1.807, 2.05) is 0 Å². The molecule has 52 heavy (non-hydrogen) atoms. The first-order chi connectivity index (χ1) is 25.2.